The lowest BCUT2D eigenvalue weighted by Crippen LogP contribution is -2.30. The summed E-state index contributed by atoms with van der Waals surface area (Å²) >= 11 is 9.27. The van der Waals surface area contributed by atoms with Crippen molar-refractivity contribution in [2.45, 2.75) is 13.1 Å². The highest BCUT2D eigenvalue weighted by molar-refractivity contribution is 7.97. The smallest absolute Gasteiger partial charge is 0.336 e. The second kappa shape index (κ2) is 28.5. The van der Waals surface area contributed by atoms with Crippen LogP contribution in [0.2, 0.25) is 0 Å². The number of hydrogen-bond donors (Lipinski definition) is 8. The number of anilines is 4. The third-order valence-corrected chi connectivity index (χ3v) is 15.8. The van der Waals surface area contributed by atoms with Gasteiger partial charge in [-0.15, -0.1) is 36.8 Å². The summed E-state index contributed by atoms with van der Waals surface area (Å²) in [5.74, 6) is -5.03. The van der Waals surface area contributed by atoms with E-state index in [4.69, 9.17) is 18.3 Å². The largest absolute Gasteiger partial charge is 0.872 e. The van der Waals surface area contributed by atoms with Crippen LogP contribution in [0.4, 0.5) is 34.1 Å². The molecule has 2 aliphatic heterocycles. The van der Waals surface area contributed by atoms with Crippen LogP contribution in [-0.4, -0.2) is 90.9 Å². The number of benzene rings is 8. The third-order valence-electron chi connectivity index (χ3n) is 15.3. The Balaban J connectivity index is 0.841. The lowest BCUT2D eigenvalue weighted by molar-refractivity contribution is -0.268. The predicted molar refractivity (Wildman–Crippen MR) is 371 cm³/mol. The summed E-state index contributed by atoms with van der Waals surface area (Å²) in [5.41, 5.74) is 4.19. The molecule has 12 rings (SSSR count). The average molecular weight is 1350 g/mol. The first kappa shape index (κ1) is 65.4. The van der Waals surface area contributed by atoms with Gasteiger partial charge in [0.15, 0.2) is 21.2 Å². The minimum atomic E-state index is -1.30. The maximum Gasteiger partial charge on any atom is 0.336 e. The first-order chi connectivity index (χ1) is 47.3. The van der Waals surface area contributed by atoms with Gasteiger partial charge in [0, 0.05) is 81.1 Å². The highest BCUT2D eigenvalue weighted by atomic mass is 32.1. The number of fused-ring (bicyclic) bond motifs is 4. The van der Waals surface area contributed by atoms with Gasteiger partial charge in [-0.1, -0.05) is 48.5 Å². The van der Waals surface area contributed by atoms with Crippen molar-refractivity contribution < 1.29 is 68.1 Å². The number of amidine groups is 2. The van der Waals surface area contributed by atoms with E-state index < -0.39 is 37.0 Å². The number of rotatable bonds is 23. The maximum absolute atomic E-state index is 13.1. The Hall–Kier alpha value is -12.7. The quantitative estimate of drug-likeness (QED) is 0.00969. The Morgan fingerprint density at radius 3 is 1.30 bits per heavy atom. The number of aliphatic carboxylic acids is 2. The summed E-state index contributed by atoms with van der Waals surface area (Å²) in [6, 6.07) is 45.5. The Morgan fingerprint density at radius 1 is 0.490 bits per heavy atom. The average Bonchev–Trinajstić information content (AvgIpc) is 0.754. The molecule has 24 nitrogen and oxygen atoms in total. The molecule has 490 valence electrons. The van der Waals surface area contributed by atoms with Gasteiger partial charge in [0.25, 0.3) is 0 Å². The zero-order chi connectivity index (χ0) is 68.7. The molecule has 2 aromatic heterocycles. The second-order valence-corrected chi connectivity index (χ2v) is 22.8. The number of hydrogen-bond acceptors (Lipinski definition) is 18. The zero-order valence-corrected chi connectivity index (χ0v) is 52.8. The highest BCUT2D eigenvalue weighted by Crippen LogP contribution is 2.45. The Bertz CT molecular complexity index is 4900. The third kappa shape index (κ3) is 15.0. The fourth-order valence-corrected chi connectivity index (χ4v) is 11.7. The van der Waals surface area contributed by atoms with E-state index in [0.29, 0.717) is 67.2 Å². The fourth-order valence-electron chi connectivity index (χ4n) is 11.2. The minimum Gasteiger partial charge on any atom is -0.872 e. The molecular weight excluding hydrogens is 1300 g/mol. The van der Waals surface area contributed by atoms with Crippen LogP contribution in [0.25, 0.3) is 66.8 Å². The molecule has 26 heteroatoms. The van der Waals surface area contributed by atoms with Crippen molar-refractivity contribution in [3.8, 4) is 67.9 Å². The number of pyridine rings is 2. The van der Waals surface area contributed by atoms with Crippen molar-refractivity contribution >= 4 is 116 Å². The molecule has 0 atom stereocenters. The maximum atomic E-state index is 13.1. The van der Waals surface area contributed by atoms with Crippen LogP contribution in [0.5, 0.6) is 23.0 Å². The van der Waals surface area contributed by atoms with Gasteiger partial charge in [0.05, 0.1) is 58.4 Å². The van der Waals surface area contributed by atoms with E-state index in [2.05, 4.69) is 55.8 Å². The van der Waals surface area contributed by atoms with E-state index in [9.17, 15) is 59.4 Å². The van der Waals surface area contributed by atoms with Crippen molar-refractivity contribution in [2.24, 2.45) is 9.98 Å². The number of carbonyl (C=O) groups is 4. The number of aromatic carboxylic acids is 2. The molecule has 0 saturated heterocycles. The lowest BCUT2D eigenvalue weighted by atomic mass is 9.90. The van der Waals surface area contributed by atoms with Gasteiger partial charge in [-0.25, -0.2) is 19.6 Å². The number of ether oxygens (including phenoxy) is 2. The van der Waals surface area contributed by atoms with E-state index in [-0.39, 0.29) is 127 Å². The van der Waals surface area contributed by atoms with Crippen LogP contribution in [0, 0.1) is 0 Å². The molecule has 0 saturated carbocycles. The van der Waals surface area contributed by atoms with Gasteiger partial charge in [0.2, 0.25) is 0 Å². The standard InChI is InChI=1S/C72H54N8O16S2/c81-45-11-17-51-59(31-45)95-60-32-46(82)12-18-52(60)67(51)49-15-7-39(27-55(49)69(89)90)75-71(97)77-41-9-21-57(79(37-65(85)86)35-43-5-1-3-23-73-43)63(29-41)93-25-26-94-64-30-42(10-22-58(64)80(38-66(87)88)36-44-6-2-4-24-74-44)78-72(98)76-40-8-16-50(56(28-40)70(91)92)68-53-19-13-47(83)33-61(53)96-62-34-48(84)14-20-54(62)68/h1-24,27-34,81,83H,25-26,35-38H2,(H,85,86)(H,87,88)(H,89,90)(H,91,92)(H2,75,77,97)(H2,76,78,98)/p-2. The number of carboxylic acid groups (broad SMARTS) is 4. The van der Waals surface area contributed by atoms with Crippen molar-refractivity contribution in [1.82, 2.24) is 9.97 Å². The Kier molecular flexibility index (Phi) is 19.0. The van der Waals surface area contributed by atoms with E-state index >= 15 is 0 Å². The van der Waals surface area contributed by atoms with Crippen molar-refractivity contribution in [1.29, 1.82) is 0 Å². The molecule has 0 fully saturated rings. The van der Waals surface area contributed by atoms with Gasteiger partial charge >= 0.3 is 23.9 Å². The Labute approximate surface area is 565 Å². The summed E-state index contributed by atoms with van der Waals surface area (Å²) in [4.78, 5) is 97.0. The van der Waals surface area contributed by atoms with Crippen LogP contribution < -0.4 is 51.0 Å². The van der Waals surface area contributed by atoms with Gasteiger partial charge in [0.1, 0.15) is 60.5 Å². The van der Waals surface area contributed by atoms with Crippen molar-refractivity contribution in [3.63, 3.8) is 0 Å². The summed E-state index contributed by atoms with van der Waals surface area (Å²) in [7, 11) is 0. The monoisotopic (exact) mass is 1350 g/mol. The number of carboxylic acids is 4. The summed E-state index contributed by atoms with van der Waals surface area (Å²) in [5, 5.41) is 73.5. The molecule has 98 heavy (non-hydrogen) atoms. The topological polar surface area (TPSA) is 355 Å². The lowest BCUT2D eigenvalue weighted by Gasteiger charge is -2.26. The van der Waals surface area contributed by atoms with Gasteiger partial charge in [-0.3, -0.25) is 29.1 Å². The zero-order valence-electron chi connectivity index (χ0n) is 51.0. The summed E-state index contributed by atoms with van der Waals surface area (Å²) in [6.07, 6.45) is 3.15. The molecule has 0 radical (unpaired) electrons. The van der Waals surface area contributed by atoms with Crippen LogP contribution in [0.3, 0.4) is 0 Å². The van der Waals surface area contributed by atoms with Crippen molar-refractivity contribution in [3.05, 3.63) is 237 Å². The van der Waals surface area contributed by atoms with Crippen LogP contribution in [0.1, 0.15) is 32.1 Å². The number of aromatic nitrogens is 2. The highest BCUT2D eigenvalue weighted by Gasteiger charge is 2.26. The van der Waals surface area contributed by atoms with Crippen LogP contribution in [0.15, 0.2) is 223 Å². The number of nitrogens with zero attached hydrogens (tertiary/aromatic N) is 6. The fraction of sp³-hybridized carbons (Fsp3) is 0.0833. The number of nitrogens with one attached hydrogen (secondary N) is 2. The first-order valence-electron chi connectivity index (χ1n) is 29.7. The molecule has 2 aliphatic carbocycles. The number of aliphatic imine (C=N–C) groups is 2. The first-order valence-corrected chi connectivity index (χ1v) is 30.6. The van der Waals surface area contributed by atoms with E-state index in [1.54, 1.807) is 119 Å². The molecule has 6 aromatic carbocycles. The summed E-state index contributed by atoms with van der Waals surface area (Å²) < 4.78 is 24.8. The molecule has 0 unspecified atom stereocenters. The minimum absolute atomic E-state index is 0.00666. The summed E-state index contributed by atoms with van der Waals surface area (Å²) in [6.45, 7) is -1.32. The van der Waals surface area contributed by atoms with Crippen molar-refractivity contribution in [2.75, 3.05) is 46.7 Å². The van der Waals surface area contributed by atoms with Crippen LogP contribution in [-0.2, 0) is 22.7 Å². The molecular formula is C72H52N8O16S2-2. The van der Waals surface area contributed by atoms with E-state index in [1.165, 1.54) is 84.9 Å². The molecule has 0 bridgehead atoms. The van der Waals surface area contributed by atoms with E-state index in [0.717, 1.165) is 0 Å². The SMILES string of the molecule is O=C(O)CN(Cc1ccccn1)c1ccc(NC(S)=Nc2ccc(-c3c4ccc(=O)cc-4oc4cc([O-])ccc34)c(C(=O)O)c2)cc1OCCOc1cc(NC(S)=Nc2ccc(-c3c4ccc(=O)cc-4oc4cc([O-])ccc34)c(C(=O)O)c2)ccc1N(CC(=O)O)Cc1ccccn1. The van der Waals surface area contributed by atoms with Gasteiger partial charge in [-0.2, -0.15) is 0 Å². The number of thiol groups is 2. The van der Waals surface area contributed by atoms with E-state index in [1.807, 2.05) is 0 Å². The second-order valence-electron chi connectivity index (χ2n) is 22.0. The normalized spacial score (nSPS) is 11.6. The molecule has 0 amide bonds. The van der Waals surface area contributed by atoms with Crippen LogP contribution >= 0.6 is 25.3 Å². The van der Waals surface area contributed by atoms with Gasteiger partial charge in [-0.05, 0) is 120 Å². The molecule has 4 heterocycles. The molecule has 0 spiro atoms. The molecule has 6 N–H and O–H groups in total. The molecule has 4 aliphatic rings. The van der Waals surface area contributed by atoms with Gasteiger partial charge < -0.3 is 69.4 Å². The predicted octanol–water partition coefficient (Wildman–Crippen LogP) is 11.5. The molecule has 8 aromatic rings. The Morgan fingerprint density at radius 2 is 0.908 bits per heavy atom.